The van der Waals surface area contributed by atoms with Crippen molar-refractivity contribution in [3.8, 4) is 0 Å². The van der Waals surface area contributed by atoms with Crippen LogP contribution in [0.2, 0.25) is 0 Å². The second-order valence-electron chi connectivity index (χ2n) is 2.97. The van der Waals surface area contributed by atoms with E-state index in [1.54, 1.807) is 6.92 Å². The second kappa shape index (κ2) is 7.58. The van der Waals surface area contributed by atoms with E-state index >= 15 is 0 Å². The summed E-state index contributed by atoms with van der Waals surface area (Å²) in [5.74, 6) is 0.584. The van der Waals surface area contributed by atoms with Gasteiger partial charge in [-0.25, -0.2) is 0 Å². The standard InChI is InChI=1S/C9H20N2/c1-3-4-5-6-7-8-11-9(2)10/h3-8H2,1-2H3,(H2,10,11). The molecule has 2 nitrogen and oxygen atoms in total. The molecule has 0 atom stereocenters. The van der Waals surface area contributed by atoms with Crippen molar-refractivity contribution >= 4 is 5.84 Å². The molecule has 0 aliphatic rings. The van der Waals surface area contributed by atoms with Gasteiger partial charge < -0.3 is 5.32 Å². The number of nitrogens with one attached hydrogen (secondary N) is 2. The van der Waals surface area contributed by atoms with Crippen LogP contribution in [0.15, 0.2) is 0 Å². The van der Waals surface area contributed by atoms with Gasteiger partial charge in [0.2, 0.25) is 0 Å². The van der Waals surface area contributed by atoms with Gasteiger partial charge in [0.15, 0.2) is 0 Å². The van der Waals surface area contributed by atoms with E-state index in [0.29, 0.717) is 5.84 Å². The molecule has 0 aromatic carbocycles. The maximum Gasteiger partial charge on any atom is 0.0899 e. The monoisotopic (exact) mass is 156 g/mol. The van der Waals surface area contributed by atoms with Gasteiger partial charge in [0.05, 0.1) is 5.84 Å². The zero-order chi connectivity index (χ0) is 8.53. The molecular weight excluding hydrogens is 136 g/mol. The van der Waals surface area contributed by atoms with Crippen molar-refractivity contribution in [3.63, 3.8) is 0 Å². The van der Waals surface area contributed by atoms with Gasteiger partial charge in [-0.2, -0.15) is 0 Å². The van der Waals surface area contributed by atoms with Crippen LogP contribution in [-0.2, 0) is 0 Å². The van der Waals surface area contributed by atoms with Crippen molar-refractivity contribution in [2.75, 3.05) is 6.54 Å². The van der Waals surface area contributed by atoms with E-state index in [2.05, 4.69) is 12.2 Å². The minimum absolute atomic E-state index is 0.584. The maximum atomic E-state index is 7.10. The first-order valence-electron chi connectivity index (χ1n) is 4.56. The summed E-state index contributed by atoms with van der Waals surface area (Å²) in [5, 5.41) is 10.1. The maximum absolute atomic E-state index is 7.10. The molecule has 0 aromatic rings. The Hall–Kier alpha value is -0.530. The minimum Gasteiger partial charge on any atom is -0.374 e. The van der Waals surface area contributed by atoms with Crippen molar-refractivity contribution in [2.24, 2.45) is 0 Å². The van der Waals surface area contributed by atoms with Crippen LogP contribution in [0, 0.1) is 5.41 Å². The van der Waals surface area contributed by atoms with Gasteiger partial charge in [0.25, 0.3) is 0 Å². The summed E-state index contributed by atoms with van der Waals surface area (Å²) in [6, 6.07) is 0. The Labute approximate surface area is 69.9 Å². The molecule has 0 saturated carbocycles. The molecule has 0 aliphatic carbocycles. The fraction of sp³-hybridized carbons (Fsp3) is 0.889. The van der Waals surface area contributed by atoms with Crippen molar-refractivity contribution < 1.29 is 0 Å². The number of unbranched alkanes of at least 4 members (excludes halogenated alkanes) is 4. The third kappa shape index (κ3) is 9.47. The van der Waals surface area contributed by atoms with E-state index < -0.39 is 0 Å². The molecule has 0 rings (SSSR count). The highest BCUT2D eigenvalue weighted by Gasteiger charge is 1.88. The summed E-state index contributed by atoms with van der Waals surface area (Å²) in [6.07, 6.45) is 6.50. The first-order chi connectivity index (χ1) is 5.27. The predicted molar refractivity (Wildman–Crippen MR) is 50.2 cm³/mol. The van der Waals surface area contributed by atoms with Crippen LogP contribution in [0.1, 0.15) is 46.0 Å². The van der Waals surface area contributed by atoms with E-state index in [-0.39, 0.29) is 0 Å². The fourth-order valence-electron chi connectivity index (χ4n) is 1.00. The van der Waals surface area contributed by atoms with Crippen molar-refractivity contribution in [2.45, 2.75) is 46.0 Å². The normalized spacial score (nSPS) is 9.64. The highest BCUT2D eigenvalue weighted by molar-refractivity contribution is 5.75. The number of rotatable bonds is 6. The third-order valence-electron chi connectivity index (χ3n) is 1.67. The fourth-order valence-corrected chi connectivity index (χ4v) is 1.00. The Balaban J connectivity index is 2.85. The SMILES string of the molecule is CCCCCCCNC(C)=N. The van der Waals surface area contributed by atoms with Gasteiger partial charge in [-0.1, -0.05) is 32.6 Å². The molecule has 0 bridgehead atoms. The Morgan fingerprint density at radius 2 is 1.82 bits per heavy atom. The first kappa shape index (κ1) is 10.5. The largest absolute Gasteiger partial charge is 0.374 e. The molecule has 2 N–H and O–H groups in total. The van der Waals surface area contributed by atoms with E-state index in [9.17, 15) is 0 Å². The molecule has 0 heterocycles. The average Bonchev–Trinajstić information content (AvgIpc) is 1.96. The summed E-state index contributed by atoms with van der Waals surface area (Å²) in [7, 11) is 0. The van der Waals surface area contributed by atoms with Crippen molar-refractivity contribution in [1.82, 2.24) is 5.32 Å². The van der Waals surface area contributed by atoms with Crippen LogP contribution >= 0.6 is 0 Å². The first-order valence-corrected chi connectivity index (χ1v) is 4.56. The molecular formula is C9H20N2. The van der Waals surface area contributed by atoms with Gasteiger partial charge in [-0.15, -0.1) is 0 Å². The lowest BCUT2D eigenvalue weighted by Crippen LogP contribution is -2.19. The summed E-state index contributed by atoms with van der Waals surface area (Å²) in [5.41, 5.74) is 0. The molecule has 0 aromatic heterocycles. The summed E-state index contributed by atoms with van der Waals surface area (Å²) in [4.78, 5) is 0. The molecule has 0 fully saturated rings. The van der Waals surface area contributed by atoms with E-state index in [1.807, 2.05) is 0 Å². The highest BCUT2D eigenvalue weighted by Crippen LogP contribution is 2.00. The predicted octanol–water partition coefficient (Wildman–Crippen LogP) is 2.54. The van der Waals surface area contributed by atoms with Crippen LogP contribution in [0.3, 0.4) is 0 Å². The lowest BCUT2D eigenvalue weighted by atomic mass is 10.1. The highest BCUT2D eigenvalue weighted by atomic mass is 14.9. The summed E-state index contributed by atoms with van der Waals surface area (Å²) in [6.45, 7) is 4.98. The Morgan fingerprint density at radius 1 is 1.18 bits per heavy atom. The molecule has 66 valence electrons. The van der Waals surface area contributed by atoms with Gasteiger partial charge in [0, 0.05) is 6.54 Å². The number of hydrogen-bond donors (Lipinski definition) is 2. The van der Waals surface area contributed by atoms with Crippen LogP contribution < -0.4 is 5.32 Å². The second-order valence-corrected chi connectivity index (χ2v) is 2.97. The third-order valence-corrected chi connectivity index (χ3v) is 1.67. The average molecular weight is 156 g/mol. The van der Waals surface area contributed by atoms with Crippen LogP contribution in [0.5, 0.6) is 0 Å². The van der Waals surface area contributed by atoms with E-state index in [1.165, 1.54) is 32.1 Å². The molecule has 0 radical (unpaired) electrons. The molecule has 11 heavy (non-hydrogen) atoms. The molecule has 2 heteroatoms. The number of hydrogen-bond acceptors (Lipinski definition) is 1. The van der Waals surface area contributed by atoms with Gasteiger partial charge in [0.1, 0.15) is 0 Å². The van der Waals surface area contributed by atoms with Crippen LogP contribution in [0.4, 0.5) is 0 Å². The van der Waals surface area contributed by atoms with E-state index in [0.717, 1.165) is 6.54 Å². The Morgan fingerprint density at radius 3 is 2.36 bits per heavy atom. The topological polar surface area (TPSA) is 35.9 Å². The van der Waals surface area contributed by atoms with Crippen molar-refractivity contribution in [3.05, 3.63) is 0 Å². The minimum atomic E-state index is 0.584. The smallest absolute Gasteiger partial charge is 0.0899 e. The quantitative estimate of drug-likeness (QED) is 0.346. The van der Waals surface area contributed by atoms with Gasteiger partial charge in [-0.3, -0.25) is 5.41 Å². The zero-order valence-electron chi connectivity index (χ0n) is 7.74. The van der Waals surface area contributed by atoms with Gasteiger partial charge >= 0.3 is 0 Å². The summed E-state index contributed by atoms with van der Waals surface area (Å²) < 4.78 is 0. The van der Waals surface area contributed by atoms with Crippen LogP contribution in [0.25, 0.3) is 0 Å². The van der Waals surface area contributed by atoms with E-state index in [4.69, 9.17) is 5.41 Å². The molecule has 0 aliphatic heterocycles. The molecule has 0 saturated heterocycles. The van der Waals surface area contributed by atoms with Crippen LogP contribution in [-0.4, -0.2) is 12.4 Å². The Kier molecular flexibility index (Phi) is 7.21. The molecule has 0 unspecified atom stereocenters. The van der Waals surface area contributed by atoms with Gasteiger partial charge in [-0.05, 0) is 13.3 Å². The Bertz CT molecular complexity index is 99.7. The summed E-state index contributed by atoms with van der Waals surface area (Å²) >= 11 is 0. The molecule has 0 amide bonds. The zero-order valence-corrected chi connectivity index (χ0v) is 7.74. The lowest BCUT2D eigenvalue weighted by Gasteiger charge is -2.02. The lowest BCUT2D eigenvalue weighted by molar-refractivity contribution is 0.623. The molecule has 0 spiro atoms. The van der Waals surface area contributed by atoms with Crippen molar-refractivity contribution in [1.29, 1.82) is 5.41 Å². The number of amidine groups is 1.